The predicted molar refractivity (Wildman–Crippen MR) is 79.3 cm³/mol. The van der Waals surface area contributed by atoms with Crippen molar-refractivity contribution < 1.29 is 13.2 Å². The van der Waals surface area contributed by atoms with Crippen molar-refractivity contribution in [1.29, 1.82) is 5.26 Å². The summed E-state index contributed by atoms with van der Waals surface area (Å²) >= 11 is 0. The molecule has 0 aliphatic carbocycles. The van der Waals surface area contributed by atoms with E-state index in [9.17, 15) is 13.2 Å². The number of aromatic amines is 1. The lowest BCUT2D eigenvalue weighted by Crippen LogP contribution is -2.09. The maximum absolute atomic E-state index is 13.7. The summed E-state index contributed by atoms with van der Waals surface area (Å²) in [7, 11) is 0. The molecule has 1 aromatic heterocycles. The number of imidazole rings is 1. The quantitative estimate of drug-likeness (QED) is 0.774. The van der Waals surface area contributed by atoms with Crippen molar-refractivity contribution in [2.45, 2.75) is 6.42 Å². The highest BCUT2D eigenvalue weighted by molar-refractivity contribution is 5.74. The van der Waals surface area contributed by atoms with Crippen molar-refractivity contribution in [3.05, 3.63) is 59.2 Å². The third kappa shape index (κ3) is 3.11. The van der Waals surface area contributed by atoms with Crippen molar-refractivity contribution >= 4 is 16.7 Å². The lowest BCUT2D eigenvalue weighted by molar-refractivity contribution is 0.587. The number of benzene rings is 2. The Kier molecular flexibility index (Phi) is 3.89. The second-order valence-corrected chi connectivity index (χ2v) is 4.95. The van der Waals surface area contributed by atoms with E-state index >= 15 is 0 Å². The highest BCUT2D eigenvalue weighted by atomic mass is 19.1. The first kappa shape index (κ1) is 14.9. The number of H-pyrrole nitrogens is 1. The molecule has 2 N–H and O–H groups in total. The van der Waals surface area contributed by atoms with Gasteiger partial charge < -0.3 is 10.3 Å². The highest BCUT2D eigenvalue weighted by Gasteiger charge is 2.11. The Morgan fingerprint density at radius 3 is 2.57 bits per heavy atom. The molecule has 0 bridgehead atoms. The van der Waals surface area contributed by atoms with E-state index in [1.54, 1.807) is 12.1 Å². The Bertz CT molecular complexity index is 888. The number of fused-ring (bicyclic) bond motifs is 1. The first-order valence-corrected chi connectivity index (χ1v) is 6.84. The number of nitrogens with one attached hydrogen (secondary N) is 2. The molecule has 0 fully saturated rings. The van der Waals surface area contributed by atoms with Crippen LogP contribution in [0.1, 0.15) is 11.4 Å². The lowest BCUT2D eigenvalue weighted by Gasteiger charge is -2.08. The van der Waals surface area contributed by atoms with Crippen molar-refractivity contribution in [3.63, 3.8) is 0 Å². The van der Waals surface area contributed by atoms with Crippen LogP contribution in [-0.4, -0.2) is 16.5 Å². The van der Waals surface area contributed by atoms with Crippen LogP contribution >= 0.6 is 0 Å². The lowest BCUT2D eigenvalue weighted by atomic mass is 10.2. The van der Waals surface area contributed by atoms with Crippen LogP contribution in [0.15, 0.2) is 30.3 Å². The van der Waals surface area contributed by atoms with E-state index in [4.69, 9.17) is 5.26 Å². The average Bonchev–Trinajstić information content (AvgIpc) is 2.91. The van der Waals surface area contributed by atoms with Gasteiger partial charge in [0, 0.05) is 13.0 Å². The molecule has 0 unspecified atom stereocenters. The molecule has 0 spiro atoms. The Morgan fingerprint density at radius 1 is 1.13 bits per heavy atom. The summed E-state index contributed by atoms with van der Waals surface area (Å²) in [5.74, 6) is -1.44. The monoisotopic (exact) mass is 316 g/mol. The first-order valence-electron chi connectivity index (χ1n) is 6.84. The molecule has 0 amide bonds. The summed E-state index contributed by atoms with van der Waals surface area (Å²) in [6.07, 6.45) is 0.370. The molecular weight excluding hydrogens is 305 g/mol. The molecule has 3 aromatic rings. The molecule has 23 heavy (non-hydrogen) atoms. The molecule has 0 radical (unpaired) electrons. The van der Waals surface area contributed by atoms with Gasteiger partial charge in [-0.2, -0.15) is 5.26 Å². The zero-order valence-electron chi connectivity index (χ0n) is 11.8. The average molecular weight is 316 g/mol. The van der Waals surface area contributed by atoms with Gasteiger partial charge in [-0.3, -0.25) is 0 Å². The number of anilines is 1. The van der Waals surface area contributed by atoms with Gasteiger partial charge in [0.2, 0.25) is 0 Å². The van der Waals surface area contributed by atoms with Gasteiger partial charge in [0.15, 0.2) is 11.6 Å². The Morgan fingerprint density at radius 2 is 1.87 bits per heavy atom. The summed E-state index contributed by atoms with van der Waals surface area (Å²) in [5, 5.41) is 11.3. The molecule has 116 valence electrons. The molecule has 3 rings (SSSR count). The van der Waals surface area contributed by atoms with Crippen molar-refractivity contribution in [2.24, 2.45) is 0 Å². The third-order valence-electron chi connectivity index (χ3n) is 3.33. The third-order valence-corrected chi connectivity index (χ3v) is 3.33. The fourth-order valence-corrected chi connectivity index (χ4v) is 2.27. The van der Waals surface area contributed by atoms with E-state index in [1.165, 1.54) is 12.1 Å². The van der Waals surface area contributed by atoms with Gasteiger partial charge in [0.25, 0.3) is 0 Å². The molecule has 0 aliphatic heterocycles. The van der Waals surface area contributed by atoms with Crippen LogP contribution in [0.25, 0.3) is 11.0 Å². The second kappa shape index (κ2) is 6.01. The van der Waals surface area contributed by atoms with Gasteiger partial charge in [-0.05, 0) is 30.3 Å². The van der Waals surface area contributed by atoms with Crippen LogP contribution in [0.2, 0.25) is 0 Å². The second-order valence-electron chi connectivity index (χ2n) is 4.95. The van der Waals surface area contributed by atoms with Crippen LogP contribution in [0.3, 0.4) is 0 Å². The summed E-state index contributed by atoms with van der Waals surface area (Å²) in [6, 6.07) is 7.82. The topological polar surface area (TPSA) is 64.5 Å². The van der Waals surface area contributed by atoms with Crippen molar-refractivity contribution in [1.82, 2.24) is 9.97 Å². The number of hydrogen-bond acceptors (Lipinski definition) is 3. The number of aromatic nitrogens is 2. The van der Waals surface area contributed by atoms with E-state index in [1.807, 2.05) is 0 Å². The van der Waals surface area contributed by atoms with E-state index in [0.29, 0.717) is 23.3 Å². The van der Waals surface area contributed by atoms with Crippen LogP contribution in [0, 0.1) is 28.8 Å². The molecule has 0 atom stereocenters. The molecule has 0 saturated heterocycles. The fraction of sp³-hybridized carbons (Fsp3) is 0.125. The molecule has 0 aliphatic rings. The predicted octanol–water partition coefficient (Wildman–Crippen LogP) is 3.51. The normalized spacial score (nSPS) is 10.7. The van der Waals surface area contributed by atoms with E-state index in [-0.39, 0.29) is 23.6 Å². The van der Waals surface area contributed by atoms with Gasteiger partial charge in [0.1, 0.15) is 17.3 Å². The molecule has 7 heteroatoms. The summed E-state index contributed by atoms with van der Waals surface area (Å²) in [4.78, 5) is 7.21. The fourth-order valence-electron chi connectivity index (χ4n) is 2.27. The Labute approximate surface area is 129 Å². The minimum absolute atomic E-state index is 0.0788. The van der Waals surface area contributed by atoms with E-state index in [0.717, 1.165) is 12.1 Å². The molecule has 0 saturated carbocycles. The smallest absolute Gasteiger partial charge is 0.150 e. The molecule has 1 heterocycles. The minimum atomic E-state index is -0.826. The standard InChI is InChI=1S/C16H11F3N4/c17-10-1-2-13-14(7-10)23-15(22-13)3-4-21-16-11(18)5-9(8-20)6-12(16)19/h1-2,5-7,21H,3-4H2,(H,22,23). The zero-order chi connectivity index (χ0) is 16.4. The van der Waals surface area contributed by atoms with Gasteiger partial charge in [-0.15, -0.1) is 0 Å². The van der Waals surface area contributed by atoms with Crippen LogP contribution < -0.4 is 5.32 Å². The van der Waals surface area contributed by atoms with E-state index < -0.39 is 11.6 Å². The number of nitrogens with zero attached hydrogens (tertiary/aromatic N) is 2. The molecule has 2 aromatic carbocycles. The van der Waals surface area contributed by atoms with Gasteiger partial charge >= 0.3 is 0 Å². The number of halogens is 3. The number of hydrogen-bond donors (Lipinski definition) is 2. The summed E-state index contributed by atoms with van der Waals surface area (Å²) in [6.45, 7) is 0.224. The SMILES string of the molecule is N#Cc1cc(F)c(NCCc2nc3ccc(F)cc3[nH]2)c(F)c1. The van der Waals surface area contributed by atoms with Crippen LogP contribution in [0.5, 0.6) is 0 Å². The largest absolute Gasteiger partial charge is 0.380 e. The Balaban J connectivity index is 1.70. The Hall–Kier alpha value is -3.01. The number of nitriles is 1. The van der Waals surface area contributed by atoms with Crippen molar-refractivity contribution in [2.75, 3.05) is 11.9 Å². The maximum atomic E-state index is 13.7. The van der Waals surface area contributed by atoms with Crippen LogP contribution in [0.4, 0.5) is 18.9 Å². The molecule has 4 nitrogen and oxygen atoms in total. The van der Waals surface area contributed by atoms with Crippen LogP contribution in [-0.2, 0) is 6.42 Å². The summed E-state index contributed by atoms with van der Waals surface area (Å²) < 4.78 is 40.5. The molecular formula is C16H11F3N4. The summed E-state index contributed by atoms with van der Waals surface area (Å²) in [5.41, 5.74) is 0.823. The first-order chi connectivity index (χ1) is 11.1. The van der Waals surface area contributed by atoms with Gasteiger partial charge in [-0.1, -0.05) is 0 Å². The highest BCUT2D eigenvalue weighted by Crippen LogP contribution is 2.20. The van der Waals surface area contributed by atoms with Gasteiger partial charge in [0.05, 0.1) is 22.7 Å². The zero-order valence-corrected chi connectivity index (χ0v) is 11.8. The van der Waals surface area contributed by atoms with Crippen molar-refractivity contribution in [3.8, 4) is 6.07 Å². The van der Waals surface area contributed by atoms with Gasteiger partial charge in [-0.25, -0.2) is 18.2 Å². The number of rotatable bonds is 4. The van der Waals surface area contributed by atoms with E-state index in [2.05, 4.69) is 15.3 Å². The minimum Gasteiger partial charge on any atom is -0.380 e. The maximum Gasteiger partial charge on any atom is 0.150 e.